The number of ketones is 1. The zero-order chi connectivity index (χ0) is 13.8. The predicted molar refractivity (Wildman–Crippen MR) is 76.8 cm³/mol. The van der Waals surface area contributed by atoms with Crippen molar-refractivity contribution in [3.05, 3.63) is 21.3 Å². The van der Waals surface area contributed by atoms with Crippen LogP contribution >= 0.6 is 34.7 Å². The van der Waals surface area contributed by atoms with E-state index in [-0.39, 0.29) is 23.3 Å². The molecule has 100 valence electrons. The molecular weight excluding hydrogens is 292 g/mol. The van der Waals surface area contributed by atoms with Gasteiger partial charge in [-0.1, -0.05) is 11.6 Å². The number of rotatable bonds is 5. The van der Waals surface area contributed by atoms with Gasteiger partial charge in [0.1, 0.15) is 5.60 Å². The number of esters is 1. The van der Waals surface area contributed by atoms with E-state index < -0.39 is 5.60 Å². The summed E-state index contributed by atoms with van der Waals surface area (Å²) >= 11 is 8.25. The summed E-state index contributed by atoms with van der Waals surface area (Å²) in [6.45, 7) is 5.44. The minimum atomic E-state index is -0.483. The van der Waals surface area contributed by atoms with Gasteiger partial charge in [-0.25, -0.2) is 0 Å². The molecule has 3 nitrogen and oxygen atoms in total. The van der Waals surface area contributed by atoms with Crippen molar-refractivity contribution in [2.75, 3.05) is 11.5 Å². The summed E-state index contributed by atoms with van der Waals surface area (Å²) < 4.78 is 5.73. The highest BCUT2D eigenvalue weighted by atomic mass is 35.5. The Balaban J connectivity index is 2.30. The molecule has 0 bridgehead atoms. The summed E-state index contributed by atoms with van der Waals surface area (Å²) in [6.07, 6.45) is 0. The number of thioether (sulfide) groups is 1. The molecule has 1 aromatic rings. The summed E-state index contributed by atoms with van der Waals surface area (Å²) in [5.74, 6) is 0.128. The average molecular weight is 307 g/mol. The lowest BCUT2D eigenvalue weighted by atomic mass is 10.2. The van der Waals surface area contributed by atoms with Gasteiger partial charge >= 0.3 is 5.97 Å². The van der Waals surface area contributed by atoms with E-state index in [2.05, 4.69) is 0 Å². The van der Waals surface area contributed by atoms with Crippen LogP contribution in [-0.4, -0.2) is 28.9 Å². The number of carbonyl (C=O) groups is 2. The molecule has 0 aromatic carbocycles. The van der Waals surface area contributed by atoms with Crippen molar-refractivity contribution in [3.8, 4) is 0 Å². The van der Waals surface area contributed by atoms with Crippen LogP contribution in [0.5, 0.6) is 0 Å². The van der Waals surface area contributed by atoms with E-state index in [1.165, 1.54) is 23.1 Å². The standard InChI is InChI=1S/C12H15ClO3S2/c1-12(2,3)16-11(15)7-17-6-8(14)9-4-5-10(13)18-9/h4-5H,6-7H2,1-3H3. The van der Waals surface area contributed by atoms with Gasteiger partial charge in [0, 0.05) is 0 Å². The summed E-state index contributed by atoms with van der Waals surface area (Å²) in [7, 11) is 0. The quantitative estimate of drug-likeness (QED) is 0.615. The van der Waals surface area contributed by atoms with E-state index in [4.69, 9.17) is 16.3 Å². The van der Waals surface area contributed by atoms with Crippen LogP contribution in [0.3, 0.4) is 0 Å². The fourth-order valence-electron chi connectivity index (χ4n) is 1.13. The Morgan fingerprint density at radius 2 is 2.00 bits per heavy atom. The van der Waals surface area contributed by atoms with Gasteiger partial charge in [0.05, 0.1) is 20.7 Å². The van der Waals surface area contributed by atoms with Gasteiger partial charge in [0.15, 0.2) is 5.78 Å². The highest BCUT2D eigenvalue weighted by Gasteiger charge is 2.17. The molecule has 0 N–H and O–H groups in total. The third-order valence-corrected chi connectivity index (χ3v) is 3.90. The second-order valence-corrected chi connectivity index (χ2v) is 7.31. The first kappa shape index (κ1) is 15.5. The van der Waals surface area contributed by atoms with Crippen LogP contribution in [0.2, 0.25) is 4.34 Å². The molecule has 0 fully saturated rings. The van der Waals surface area contributed by atoms with Gasteiger partial charge in [0.2, 0.25) is 0 Å². The Morgan fingerprint density at radius 3 is 2.50 bits per heavy atom. The first-order chi connectivity index (χ1) is 8.28. The van der Waals surface area contributed by atoms with Gasteiger partial charge in [-0.2, -0.15) is 0 Å². The van der Waals surface area contributed by atoms with Crippen LogP contribution in [0.1, 0.15) is 30.4 Å². The van der Waals surface area contributed by atoms with E-state index in [1.54, 1.807) is 12.1 Å². The Bertz CT molecular complexity index is 435. The monoisotopic (exact) mass is 306 g/mol. The zero-order valence-electron chi connectivity index (χ0n) is 10.5. The lowest BCUT2D eigenvalue weighted by molar-refractivity contribution is -0.151. The fraction of sp³-hybridized carbons (Fsp3) is 0.500. The molecule has 0 spiro atoms. The van der Waals surface area contributed by atoms with Crippen LogP contribution < -0.4 is 0 Å². The topological polar surface area (TPSA) is 43.4 Å². The highest BCUT2D eigenvalue weighted by Crippen LogP contribution is 2.22. The number of halogens is 1. The maximum Gasteiger partial charge on any atom is 0.316 e. The Labute approximate surface area is 120 Å². The van der Waals surface area contributed by atoms with Gasteiger partial charge in [-0.05, 0) is 32.9 Å². The molecule has 0 aliphatic carbocycles. The zero-order valence-corrected chi connectivity index (χ0v) is 12.9. The molecule has 1 aromatic heterocycles. The summed E-state index contributed by atoms with van der Waals surface area (Å²) in [4.78, 5) is 23.7. The predicted octanol–water partition coefficient (Wildman–Crippen LogP) is 3.66. The van der Waals surface area contributed by atoms with Gasteiger partial charge in [-0.3, -0.25) is 9.59 Å². The number of ether oxygens (including phenoxy) is 1. The van der Waals surface area contributed by atoms with E-state index in [1.807, 2.05) is 20.8 Å². The molecule has 1 heterocycles. The van der Waals surface area contributed by atoms with Gasteiger partial charge in [0.25, 0.3) is 0 Å². The third kappa shape index (κ3) is 5.89. The van der Waals surface area contributed by atoms with Gasteiger partial charge < -0.3 is 4.74 Å². The van der Waals surface area contributed by atoms with Gasteiger partial charge in [-0.15, -0.1) is 23.1 Å². The van der Waals surface area contributed by atoms with E-state index in [0.717, 1.165) is 0 Å². The maximum absolute atomic E-state index is 11.7. The van der Waals surface area contributed by atoms with Crippen LogP contribution in [0.4, 0.5) is 0 Å². The minimum Gasteiger partial charge on any atom is -0.459 e. The first-order valence-electron chi connectivity index (χ1n) is 5.36. The minimum absolute atomic E-state index is 0.0135. The molecule has 0 atom stereocenters. The van der Waals surface area contributed by atoms with E-state index >= 15 is 0 Å². The molecule has 0 radical (unpaired) electrons. The number of carbonyl (C=O) groups excluding carboxylic acids is 2. The molecule has 0 unspecified atom stereocenters. The Kier molecular flexibility index (Phi) is 5.69. The SMILES string of the molecule is CC(C)(C)OC(=O)CSCC(=O)c1ccc(Cl)s1. The largest absolute Gasteiger partial charge is 0.459 e. The molecular formula is C12H15ClO3S2. The number of Topliss-reactive ketones (excluding diaryl/α,β-unsaturated/α-hetero) is 1. The van der Waals surface area contributed by atoms with Crippen LogP contribution in [-0.2, 0) is 9.53 Å². The molecule has 6 heteroatoms. The van der Waals surface area contributed by atoms with E-state index in [9.17, 15) is 9.59 Å². The number of thiophene rings is 1. The summed E-state index contributed by atoms with van der Waals surface area (Å²) in [6, 6.07) is 3.39. The lowest BCUT2D eigenvalue weighted by Gasteiger charge is -2.19. The molecule has 0 saturated heterocycles. The van der Waals surface area contributed by atoms with Crippen LogP contribution in [0.15, 0.2) is 12.1 Å². The maximum atomic E-state index is 11.7. The summed E-state index contributed by atoms with van der Waals surface area (Å²) in [5, 5.41) is 0. The molecule has 0 amide bonds. The smallest absolute Gasteiger partial charge is 0.316 e. The second kappa shape index (κ2) is 6.59. The molecule has 0 aliphatic rings. The van der Waals surface area contributed by atoms with Crippen molar-refractivity contribution in [2.45, 2.75) is 26.4 Å². The number of hydrogen-bond acceptors (Lipinski definition) is 5. The van der Waals surface area contributed by atoms with Crippen LogP contribution in [0.25, 0.3) is 0 Å². The van der Waals surface area contributed by atoms with E-state index in [0.29, 0.717) is 9.21 Å². The normalized spacial score (nSPS) is 11.3. The molecule has 1 rings (SSSR count). The molecule has 0 saturated carbocycles. The fourth-order valence-corrected chi connectivity index (χ4v) is 2.87. The van der Waals surface area contributed by atoms with Crippen molar-refractivity contribution in [1.29, 1.82) is 0 Å². The first-order valence-corrected chi connectivity index (χ1v) is 7.71. The molecule has 18 heavy (non-hydrogen) atoms. The second-order valence-electron chi connectivity index (χ2n) is 4.61. The Morgan fingerprint density at radius 1 is 1.33 bits per heavy atom. The van der Waals surface area contributed by atoms with Crippen molar-refractivity contribution < 1.29 is 14.3 Å². The lowest BCUT2D eigenvalue weighted by Crippen LogP contribution is -2.25. The van der Waals surface area contributed by atoms with Crippen molar-refractivity contribution >= 4 is 46.5 Å². The average Bonchev–Trinajstić information content (AvgIpc) is 2.62. The van der Waals surface area contributed by atoms with Crippen LogP contribution in [0, 0.1) is 0 Å². The van der Waals surface area contributed by atoms with Crippen molar-refractivity contribution in [1.82, 2.24) is 0 Å². The Hall–Kier alpha value is -0.520. The molecule has 0 aliphatic heterocycles. The number of hydrogen-bond donors (Lipinski definition) is 0. The third-order valence-electron chi connectivity index (χ3n) is 1.72. The van der Waals surface area contributed by atoms with Crippen molar-refractivity contribution in [2.24, 2.45) is 0 Å². The summed E-state index contributed by atoms with van der Waals surface area (Å²) in [5.41, 5.74) is -0.483. The highest BCUT2D eigenvalue weighted by molar-refractivity contribution is 8.00. The van der Waals surface area contributed by atoms with Crippen molar-refractivity contribution in [3.63, 3.8) is 0 Å².